The van der Waals surface area contributed by atoms with Gasteiger partial charge in [0.15, 0.2) is 0 Å². The van der Waals surface area contributed by atoms with Gasteiger partial charge in [-0.25, -0.2) is 0 Å². The Labute approximate surface area is 126 Å². The summed E-state index contributed by atoms with van der Waals surface area (Å²) < 4.78 is 0. The van der Waals surface area contributed by atoms with Crippen LogP contribution in [0.15, 0.2) is 47.4 Å². The van der Waals surface area contributed by atoms with Crippen molar-refractivity contribution in [3.05, 3.63) is 64.7 Å². The first-order valence-electron chi connectivity index (χ1n) is 6.98. The maximum Gasteiger partial charge on any atom is 0.0674 e. The number of thioether (sulfide) groups is 1. The van der Waals surface area contributed by atoms with Crippen molar-refractivity contribution in [1.82, 2.24) is 0 Å². The lowest BCUT2D eigenvalue weighted by molar-refractivity contribution is 0.200. The van der Waals surface area contributed by atoms with E-state index in [1.165, 1.54) is 27.1 Å². The van der Waals surface area contributed by atoms with Crippen LogP contribution < -0.4 is 0 Å². The summed E-state index contributed by atoms with van der Waals surface area (Å²) in [6.45, 7) is 6.32. The highest BCUT2D eigenvalue weighted by atomic mass is 32.2. The smallest absolute Gasteiger partial charge is 0.0674 e. The van der Waals surface area contributed by atoms with Crippen molar-refractivity contribution in [2.75, 3.05) is 5.75 Å². The molecule has 1 atom stereocenters. The maximum absolute atomic E-state index is 10.2. The molecule has 0 heterocycles. The first kappa shape index (κ1) is 15.1. The Morgan fingerprint density at radius 2 is 1.80 bits per heavy atom. The average Bonchev–Trinajstić information content (AvgIpc) is 2.41. The normalized spacial score (nSPS) is 12.4. The summed E-state index contributed by atoms with van der Waals surface area (Å²) in [5.41, 5.74) is 5.07. The third-order valence-electron chi connectivity index (χ3n) is 3.47. The zero-order chi connectivity index (χ0) is 14.5. The molecule has 2 aromatic rings. The summed E-state index contributed by atoms with van der Waals surface area (Å²) >= 11 is 1.72. The van der Waals surface area contributed by atoms with Crippen LogP contribution in [0, 0.1) is 20.8 Å². The van der Waals surface area contributed by atoms with Gasteiger partial charge in [0.1, 0.15) is 0 Å². The number of hydrogen-bond acceptors (Lipinski definition) is 2. The SMILES string of the molecule is Cc1cccc(SCC(O)Cc2ccc(C)c(C)c2)c1. The standard InChI is InChI=1S/C18H22OS/c1-13-5-4-6-18(9-13)20-12-17(19)11-16-8-7-14(2)15(3)10-16/h4-10,17,19H,11-12H2,1-3H3. The topological polar surface area (TPSA) is 20.2 Å². The second-order valence-electron chi connectivity index (χ2n) is 5.40. The minimum absolute atomic E-state index is 0.303. The number of aryl methyl sites for hydroxylation is 3. The van der Waals surface area contributed by atoms with Gasteiger partial charge in [0, 0.05) is 10.6 Å². The molecule has 0 spiro atoms. The van der Waals surface area contributed by atoms with E-state index in [-0.39, 0.29) is 6.10 Å². The fourth-order valence-electron chi connectivity index (χ4n) is 2.16. The number of hydrogen-bond donors (Lipinski definition) is 1. The summed E-state index contributed by atoms with van der Waals surface area (Å²) in [5, 5.41) is 10.2. The molecule has 0 bridgehead atoms. The molecule has 1 N–H and O–H groups in total. The fourth-order valence-corrected chi connectivity index (χ4v) is 3.11. The third-order valence-corrected chi connectivity index (χ3v) is 4.61. The number of aliphatic hydroxyl groups is 1. The highest BCUT2D eigenvalue weighted by Gasteiger charge is 2.07. The van der Waals surface area contributed by atoms with Gasteiger partial charge in [-0.15, -0.1) is 11.8 Å². The molecule has 0 saturated heterocycles. The van der Waals surface area contributed by atoms with Crippen LogP contribution in [-0.4, -0.2) is 17.0 Å². The molecule has 106 valence electrons. The van der Waals surface area contributed by atoms with Gasteiger partial charge in [0.25, 0.3) is 0 Å². The fraction of sp³-hybridized carbons (Fsp3) is 0.333. The molecule has 0 aliphatic rings. The van der Waals surface area contributed by atoms with Crippen molar-refractivity contribution in [3.8, 4) is 0 Å². The quantitative estimate of drug-likeness (QED) is 0.827. The first-order chi connectivity index (χ1) is 9.54. The second-order valence-corrected chi connectivity index (χ2v) is 6.50. The summed E-state index contributed by atoms with van der Waals surface area (Å²) in [6.07, 6.45) is 0.419. The minimum Gasteiger partial charge on any atom is -0.392 e. The third kappa shape index (κ3) is 4.39. The Kier molecular flexibility index (Phi) is 5.27. The Morgan fingerprint density at radius 1 is 1.00 bits per heavy atom. The summed E-state index contributed by atoms with van der Waals surface area (Å²) in [5.74, 6) is 0.733. The molecule has 20 heavy (non-hydrogen) atoms. The lowest BCUT2D eigenvalue weighted by Gasteiger charge is -2.12. The Balaban J connectivity index is 1.89. The summed E-state index contributed by atoms with van der Waals surface area (Å²) in [6, 6.07) is 14.8. The van der Waals surface area contributed by atoms with E-state index in [4.69, 9.17) is 0 Å². The maximum atomic E-state index is 10.2. The van der Waals surface area contributed by atoms with E-state index in [0.29, 0.717) is 0 Å². The molecular formula is C18H22OS. The summed E-state index contributed by atoms with van der Waals surface area (Å²) in [7, 11) is 0. The van der Waals surface area contributed by atoms with E-state index in [9.17, 15) is 5.11 Å². The van der Waals surface area contributed by atoms with Crippen molar-refractivity contribution in [1.29, 1.82) is 0 Å². The largest absolute Gasteiger partial charge is 0.392 e. The Bertz CT molecular complexity index is 577. The Hall–Kier alpha value is -1.25. The molecule has 2 aromatic carbocycles. The van der Waals surface area contributed by atoms with Crippen LogP contribution in [-0.2, 0) is 6.42 Å². The number of benzene rings is 2. The molecule has 2 rings (SSSR count). The van der Waals surface area contributed by atoms with E-state index < -0.39 is 0 Å². The van der Waals surface area contributed by atoms with E-state index in [2.05, 4.69) is 63.2 Å². The molecular weight excluding hydrogens is 264 g/mol. The van der Waals surface area contributed by atoms with Crippen LogP contribution in [0.1, 0.15) is 22.3 Å². The molecule has 1 nitrogen and oxygen atoms in total. The number of rotatable bonds is 5. The first-order valence-corrected chi connectivity index (χ1v) is 7.97. The lowest BCUT2D eigenvalue weighted by atomic mass is 10.0. The predicted octanol–water partition coefficient (Wildman–Crippen LogP) is 4.31. The molecule has 1 unspecified atom stereocenters. The van der Waals surface area contributed by atoms with Gasteiger partial charge in [-0.1, -0.05) is 35.9 Å². The van der Waals surface area contributed by atoms with Crippen LogP contribution in [0.4, 0.5) is 0 Å². The molecule has 0 amide bonds. The van der Waals surface area contributed by atoms with Crippen LogP contribution >= 0.6 is 11.8 Å². The highest BCUT2D eigenvalue weighted by molar-refractivity contribution is 7.99. The van der Waals surface area contributed by atoms with Crippen molar-refractivity contribution >= 4 is 11.8 Å². The van der Waals surface area contributed by atoms with Gasteiger partial charge < -0.3 is 5.11 Å². The monoisotopic (exact) mass is 286 g/mol. The summed E-state index contributed by atoms with van der Waals surface area (Å²) in [4.78, 5) is 1.23. The van der Waals surface area contributed by atoms with E-state index in [1.54, 1.807) is 11.8 Å². The van der Waals surface area contributed by atoms with Crippen LogP contribution in [0.25, 0.3) is 0 Å². The van der Waals surface area contributed by atoms with E-state index in [0.717, 1.165) is 12.2 Å². The van der Waals surface area contributed by atoms with Crippen molar-refractivity contribution in [2.24, 2.45) is 0 Å². The van der Waals surface area contributed by atoms with Gasteiger partial charge in [0.2, 0.25) is 0 Å². The van der Waals surface area contributed by atoms with Crippen LogP contribution in [0.2, 0.25) is 0 Å². The van der Waals surface area contributed by atoms with Crippen molar-refractivity contribution in [3.63, 3.8) is 0 Å². The molecule has 0 aliphatic heterocycles. The zero-order valence-corrected chi connectivity index (χ0v) is 13.2. The Morgan fingerprint density at radius 3 is 2.50 bits per heavy atom. The van der Waals surface area contributed by atoms with Gasteiger partial charge in [-0.3, -0.25) is 0 Å². The predicted molar refractivity (Wildman–Crippen MR) is 87.5 cm³/mol. The lowest BCUT2D eigenvalue weighted by Crippen LogP contribution is -2.13. The number of aliphatic hydroxyl groups excluding tert-OH is 1. The van der Waals surface area contributed by atoms with Crippen molar-refractivity contribution < 1.29 is 5.11 Å². The molecule has 0 fully saturated rings. The van der Waals surface area contributed by atoms with Crippen molar-refractivity contribution in [2.45, 2.75) is 38.2 Å². The average molecular weight is 286 g/mol. The van der Waals surface area contributed by atoms with Gasteiger partial charge in [-0.2, -0.15) is 0 Å². The highest BCUT2D eigenvalue weighted by Crippen LogP contribution is 2.21. The zero-order valence-electron chi connectivity index (χ0n) is 12.4. The van der Waals surface area contributed by atoms with Gasteiger partial charge in [-0.05, 0) is 56.0 Å². The minimum atomic E-state index is -0.303. The molecule has 2 heteroatoms. The van der Waals surface area contributed by atoms with Crippen LogP contribution in [0.3, 0.4) is 0 Å². The molecule has 0 aromatic heterocycles. The van der Waals surface area contributed by atoms with E-state index in [1.807, 2.05) is 0 Å². The van der Waals surface area contributed by atoms with E-state index >= 15 is 0 Å². The van der Waals surface area contributed by atoms with Crippen LogP contribution in [0.5, 0.6) is 0 Å². The molecule has 0 saturated carbocycles. The molecule has 0 aliphatic carbocycles. The second kappa shape index (κ2) is 6.96. The van der Waals surface area contributed by atoms with Gasteiger partial charge >= 0.3 is 0 Å². The van der Waals surface area contributed by atoms with Gasteiger partial charge in [0.05, 0.1) is 6.10 Å². The molecule has 0 radical (unpaired) electrons.